The minimum atomic E-state index is -0.617. The average Bonchev–Trinajstić information content (AvgIpc) is 3.31. The van der Waals surface area contributed by atoms with Gasteiger partial charge in [0, 0.05) is 22.6 Å². The van der Waals surface area contributed by atoms with E-state index in [0.717, 1.165) is 40.1 Å². The molecule has 0 aliphatic carbocycles. The SMILES string of the molecule is COC(=O)/C=C1/S/C(=N\N=Cc2cc3oc(C)c(-c4ccccc4)c3cc2OC)NC1=O. The van der Waals surface area contributed by atoms with Crippen molar-refractivity contribution < 1.29 is 23.5 Å². The van der Waals surface area contributed by atoms with Crippen LogP contribution in [0.1, 0.15) is 11.3 Å². The number of carbonyl (C=O) groups is 2. The van der Waals surface area contributed by atoms with Crippen LogP contribution in [0.4, 0.5) is 0 Å². The Balaban J connectivity index is 1.63. The molecule has 3 aromatic rings. The highest BCUT2D eigenvalue weighted by atomic mass is 32.2. The molecule has 1 aliphatic rings. The third kappa shape index (κ3) is 4.28. The van der Waals surface area contributed by atoms with Gasteiger partial charge in [0.05, 0.1) is 25.3 Å². The largest absolute Gasteiger partial charge is 0.496 e. The van der Waals surface area contributed by atoms with E-state index in [1.807, 2.05) is 49.4 Å². The molecule has 9 heteroatoms. The zero-order valence-corrected chi connectivity index (χ0v) is 18.4. The Morgan fingerprint density at radius 2 is 1.97 bits per heavy atom. The minimum Gasteiger partial charge on any atom is -0.496 e. The van der Waals surface area contributed by atoms with E-state index < -0.39 is 11.9 Å². The summed E-state index contributed by atoms with van der Waals surface area (Å²) in [6, 6.07) is 13.7. The van der Waals surface area contributed by atoms with Crippen molar-refractivity contribution in [1.82, 2.24) is 5.32 Å². The zero-order chi connectivity index (χ0) is 22.7. The molecule has 162 valence electrons. The van der Waals surface area contributed by atoms with E-state index in [9.17, 15) is 9.59 Å². The Morgan fingerprint density at radius 1 is 1.19 bits per heavy atom. The van der Waals surface area contributed by atoms with Crippen molar-refractivity contribution in [2.24, 2.45) is 10.2 Å². The van der Waals surface area contributed by atoms with Gasteiger partial charge in [-0.15, -0.1) is 5.10 Å². The van der Waals surface area contributed by atoms with Crippen LogP contribution in [0.5, 0.6) is 5.75 Å². The number of rotatable bonds is 5. The second kappa shape index (κ2) is 9.11. The molecule has 0 spiro atoms. The first-order valence-electron chi connectivity index (χ1n) is 9.56. The number of ether oxygens (including phenoxy) is 2. The number of amides is 1. The van der Waals surface area contributed by atoms with Crippen molar-refractivity contribution in [3.63, 3.8) is 0 Å². The molecule has 1 fully saturated rings. The van der Waals surface area contributed by atoms with Crippen LogP contribution in [0.15, 0.2) is 68.1 Å². The summed E-state index contributed by atoms with van der Waals surface area (Å²) in [4.78, 5) is 23.4. The van der Waals surface area contributed by atoms with E-state index in [2.05, 4.69) is 20.3 Å². The van der Waals surface area contributed by atoms with Gasteiger partial charge in [-0.3, -0.25) is 10.1 Å². The number of esters is 1. The Kier molecular flexibility index (Phi) is 6.09. The summed E-state index contributed by atoms with van der Waals surface area (Å²) in [7, 11) is 2.82. The van der Waals surface area contributed by atoms with E-state index in [1.165, 1.54) is 13.3 Å². The first-order chi connectivity index (χ1) is 15.5. The van der Waals surface area contributed by atoms with Crippen LogP contribution in [0.2, 0.25) is 0 Å². The number of furan rings is 1. The Labute approximate surface area is 188 Å². The molecule has 1 amide bonds. The van der Waals surface area contributed by atoms with Crippen LogP contribution in [-0.4, -0.2) is 37.5 Å². The molecule has 1 aliphatic heterocycles. The number of carbonyl (C=O) groups excluding carboxylic acids is 2. The number of thioether (sulfide) groups is 1. The molecule has 1 aromatic heterocycles. The zero-order valence-electron chi connectivity index (χ0n) is 17.5. The van der Waals surface area contributed by atoms with Gasteiger partial charge in [-0.2, -0.15) is 5.10 Å². The van der Waals surface area contributed by atoms with Gasteiger partial charge in [0.15, 0.2) is 5.17 Å². The lowest BCUT2D eigenvalue weighted by molar-refractivity contribution is -0.135. The molecule has 0 bridgehead atoms. The van der Waals surface area contributed by atoms with Gasteiger partial charge in [0.25, 0.3) is 5.91 Å². The fourth-order valence-electron chi connectivity index (χ4n) is 3.29. The lowest BCUT2D eigenvalue weighted by atomic mass is 10.0. The number of hydrogen-bond donors (Lipinski definition) is 1. The molecule has 0 atom stereocenters. The standard InChI is InChI=1S/C23H19N3O5S/c1-13-21(14-7-5-4-6-8-14)16-10-17(29-2)15(9-18(16)31-13)12-24-26-23-25-22(28)19(32-23)11-20(27)30-3/h4-12H,1-3H3,(H,25,26,28)/b19-11+,24-12?. The summed E-state index contributed by atoms with van der Waals surface area (Å²) in [6.07, 6.45) is 2.62. The topological polar surface area (TPSA) is 102 Å². The number of benzene rings is 2. The van der Waals surface area contributed by atoms with Crippen molar-refractivity contribution in [2.75, 3.05) is 14.2 Å². The van der Waals surface area contributed by atoms with Gasteiger partial charge in [-0.05, 0) is 36.4 Å². The molecule has 1 N–H and O–H groups in total. The van der Waals surface area contributed by atoms with Gasteiger partial charge in [-0.1, -0.05) is 30.3 Å². The molecular formula is C23H19N3O5S. The highest BCUT2D eigenvalue weighted by molar-refractivity contribution is 8.18. The lowest BCUT2D eigenvalue weighted by Crippen LogP contribution is -2.19. The predicted molar refractivity (Wildman–Crippen MR) is 124 cm³/mol. The number of aryl methyl sites for hydroxylation is 1. The van der Waals surface area contributed by atoms with E-state index >= 15 is 0 Å². The summed E-state index contributed by atoms with van der Waals surface area (Å²) in [5, 5.41) is 11.8. The molecule has 1 saturated heterocycles. The summed E-state index contributed by atoms with van der Waals surface area (Å²) in [5.74, 6) is 0.355. The van der Waals surface area contributed by atoms with Gasteiger partial charge in [0.1, 0.15) is 17.1 Å². The minimum absolute atomic E-state index is 0.185. The smallest absolute Gasteiger partial charge is 0.331 e. The van der Waals surface area contributed by atoms with Crippen LogP contribution in [0.25, 0.3) is 22.1 Å². The van der Waals surface area contributed by atoms with E-state index in [-0.39, 0.29) is 10.1 Å². The van der Waals surface area contributed by atoms with Crippen LogP contribution in [0.3, 0.4) is 0 Å². The molecule has 2 aromatic carbocycles. The maximum atomic E-state index is 11.9. The fourth-order valence-corrected chi connectivity index (χ4v) is 4.03. The maximum Gasteiger partial charge on any atom is 0.331 e. The van der Waals surface area contributed by atoms with Crippen molar-refractivity contribution in [3.8, 4) is 16.9 Å². The molecule has 0 radical (unpaired) electrons. The molecule has 2 heterocycles. The Hall–Kier alpha value is -3.85. The van der Waals surface area contributed by atoms with Gasteiger partial charge in [-0.25, -0.2) is 4.79 Å². The number of fused-ring (bicyclic) bond motifs is 1. The summed E-state index contributed by atoms with van der Waals surface area (Å²) >= 11 is 0.999. The van der Waals surface area contributed by atoms with Crippen molar-refractivity contribution in [3.05, 3.63) is 64.8 Å². The molecule has 4 rings (SSSR count). The summed E-state index contributed by atoms with van der Waals surface area (Å²) in [6.45, 7) is 1.92. The quantitative estimate of drug-likeness (QED) is 0.273. The molecule has 0 unspecified atom stereocenters. The Bertz CT molecular complexity index is 1290. The monoisotopic (exact) mass is 449 g/mol. The van der Waals surface area contributed by atoms with E-state index in [0.29, 0.717) is 16.9 Å². The van der Waals surface area contributed by atoms with Gasteiger partial charge in [0.2, 0.25) is 0 Å². The molecular weight excluding hydrogens is 430 g/mol. The Morgan fingerprint density at radius 3 is 2.69 bits per heavy atom. The normalized spacial score (nSPS) is 16.3. The van der Waals surface area contributed by atoms with Crippen molar-refractivity contribution >= 4 is 46.0 Å². The van der Waals surface area contributed by atoms with Crippen LogP contribution < -0.4 is 10.1 Å². The highest BCUT2D eigenvalue weighted by Gasteiger charge is 2.25. The third-order valence-electron chi connectivity index (χ3n) is 4.73. The summed E-state index contributed by atoms with van der Waals surface area (Å²) < 4.78 is 16.1. The second-order valence-electron chi connectivity index (χ2n) is 6.73. The van der Waals surface area contributed by atoms with Crippen LogP contribution >= 0.6 is 11.8 Å². The predicted octanol–water partition coefficient (Wildman–Crippen LogP) is 4.03. The van der Waals surface area contributed by atoms with Gasteiger partial charge < -0.3 is 13.9 Å². The van der Waals surface area contributed by atoms with E-state index in [4.69, 9.17) is 9.15 Å². The van der Waals surface area contributed by atoms with Crippen molar-refractivity contribution in [1.29, 1.82) is 0 Å². The summed E-state index contributed by atoms with van der Waals surface area (Å²) in [5.41, 5.74) is 3.43. The number of nitrogens with one attached hydrogen (secondary N) is 1. The third-order valence-corrected chi connectivity index (χ3v) is 5.63. The number of nitrogens with zero attached hydrogens (tertiary/aromatic N) is 2. The lowest BCUT2D eigenvalue weighted by Gasteiger charge is -2.05. The first kappa shape index (κ1) is 21.4. The molecule has 32 heavy (non-hydrogen) atoms. The van der Waals surface area contributed by atoms with Gasteiger partial charge >= 0.3 is 5.97 Å². The van der Waals surface area contributed by atoms with Crippen molar-refractivity contribution in [2.45, 2.75) is 6.92 Å². The van der Waals surface area contributed by atoms with Crippen LogP contribution in [-0.2, 0) is 14.3 Å². The number of hydrogen-bond acceptors (Lipinski definition) is 8. The average molecular weight is 449 g/mol. The molecule has 0 saturated carbocycles. The second-order valence-corrected chi connectivity index (χ2v) is 7.76. The number of methoxy groups -OCH3 is 2. The fraction of sp³-hybridized carbons (Fsp3) is 0.130. The maximum absolute atomic E-state index is 11.9. The van der Waals surface area contributed by atoms with E-state index in [1.54, 1.807) is 7.11 Å². The van der Waals surface area contributed by atoms with Crippen LogP contribution in [0, 0.1) is 6.92 Å². The highest BCUT2D eigenvalue weighted by Crippen LogP contribution is 2.37. The number of amidine groups is 1. The first-order valence-corrected chi connectivity index (χ1v) is 10.4. The molecule has 8 nitrogen and oxygen atoms in total.